The zero-order valence-corrected chi connectivity index (χ0v) is 19.3. The minimum Gasteiger partial charge on any atom is -0.437 e. The number of aromatic nitrogens is 3. The minimum atomic E-state index is 0.380. The Labute approximate surface area is 192 Å². The van der Waals surface area contributed by atoms with Crippen LogP contribution >= 0.6 is 0 Å². The molecule has 4 heteroatoms. The molecule has 4 nitrogen and oxygen atoms in total. The molecule has 0 aliphatic carbocycles. The van der Waals surface area contributed by atoms with E-state index in [0.717, 1.165) is 55.7 Å². The number of rotatable bonds is 3. The summed E-state index contributed by atoms with van der Waals surface area (Å²) >= 11 is 0. The lowest BCUT2D eigenvalue weighted by Crippen LogP contribution is -2.04. The predicted molar refractivity (Wildman–Crippen MR) is 135 cm³/mol. The summed E-state index contributed by atoms with van der Waals surface area (Å²) in [6.07, 6.45) is 0. The molecule has 0 amide bonds. The van der Waals surface area contributed by atoms with Gasteiger partial charge in [0.25, 0.3) is 0 Å². The molecule has 0 N–H and O–H groups in total. The maximum Gasteiger partial charge on any atom is 0.227 e. The standard InChI is InChI=1S/C29H25N3O/c1-17(2)20-9-5-7-11-24(20)32-25-12-8-6-10-23(25)31-28(32)26-18(3)13-15-21-22-16-14-19(4)30-29(22)33-27(21)26/h5-17H,1-4H3. The highest BCUT2D eigenvalue weighted by Gasteiger charge is 2.23. The van der Waals surface area contributed by atoms with Crippen LogP contribution in [0.4, 0.5) is 0 Å². The molecule has 0 unspecified atom stereocenters. The number of hydrogen-bond acceptors (Lipinski definition) is 3. The lowest BCUT2D eigenvalue weighted by atomic mass is 10.00. The third kappa shape index (κ3) is 2.98. The van der Waals surface area contributed by atoms with Crippen molar-refractivity contribution >= 4 is 33.1 Å². The molecular weight excluding hydrogens is 406 g/mol. The van der Waals surface area contributed by atoms with Gasteiger partial charge >= 0.3 is 0 Å². The van der Waals surface area contributed by atoms with Crippen molar-refractivity contribution < 1.29 is 4.42 Å². The van der Waals surface area contributed by atoms with E-state index in [1.807, 2.05) is 19.1 Å². The normalized spacial score (nSPS) is 11.9. The molecule has 3 aromatic heterocycles. The number of para-hydroxylation sites is 3. The molecule has 6 aromatic rings. The summed E-state index contributed by atoms with van der Waals surface area (Å²) in [6, 6.07) is 25.3. The van der Waals surface area contributed by atoms with Gasteiger partial charge in [0.05, 0.1) is 22.3 Å². The molecule has 0 atom stereocenters. The van der Waals surface area contributed by atoms with Gasteiger partial charge < -0.3 is 4.42 Å². The van der Waals surface area contributed by atoms with Gasteiger partial charge in [-0.3, -0.25) is 4.57 Å². The van der Waals surface area contributed by atoms with Gasteiger partial charge in [-0.05, 0) is 61.2 Å². The van der Waals surface area contributed by atoms with Crippen LogP contribution in [0.5, 0.6) is 0 Å². The quantitative estimate of drug-likeness (QED) is 0.288. The predicted octanol–water partition coefficient (Wildman–Crippen LogP) is 7.73. The number of hydrogen-bond donors (Lipinski definition) is 0. The SMILES string of the molecule is Cc1ccc2c(n1)oc1c(-c3nc4ccccc4n3-c3ccccc3C(C)C)c(C)ccc12. The second kappa shape index (κ2) is 7.31. The molecule has 6 rings (SSSR count). The fourth-order valence-corrected chi connectivity index (χ4v) is 4.81. The van der Waals surface area contributed by atoms with E-state index in [0.29, 0.717) is 11.6 Å². The second-order valence-corrected chi connectivity index (χ2v) is 9.01. The van der Waals surface area contributed by atoms with Gasteiger partial charge in [-0.2, -0.15) is 0 Å². The number of furan rings is 1. The number of imidazole rings is 1. The summed E-state index contributed by atoms with van der Waals surface area (Å²) in [5.41, 5.74) is 9.07. The molecule has 0 bridgehead atoms. The summed E-state index contributed by atoms with van der Waals surface area (Å²) < 4.78 is 8.69. The third-order valence-electron chi connectivity index (χ3n) is 6.44. The molecule has 3 heterocycles. The Morgan fingerprint density at radius 1 is 0.788 bits per heavy atom. The number of pyridine rings is 1. The largest absolute Gasteiger partial charge is 0.437 e. The van der Waals surface area contributed by atoms with Crippen molar-refractivity contribution in [1.82, 2.24) is 14.5 Å². The van der Waals surface area contributed by atoms with Crippen LogP contribution in [-0.4, -0.2) is 14.5 Å². The fraction of sp³-hybridized carbons (Fsp3) is 0.172. The molecule has 3 aromatic carbocycles. The number of aryl methyl sites for hydroxylation is 2. The van der Waals surface area contributed by atoms with Gasteiger partial charge in [0.2, 0.25) is 5.71 Å². The van der Waals surface area contributed by atoms with Gasteiger partial charge in [0.15, 0.2) is 0 Å². The van der Waals surface area contributed by atoms with Crippen molar-refractivity contribution in [3.05, 3.63) is 89.6 Å². The highest BCUT2D eigenvalue weighted by Crippen LogP contribution is 2.40. The molecule has 0 aliphatic rings. The summed E-state index contributed by atoms with van der Waals surface area (Å²) in [4.78, 5) is 9.79. The number of benzene rings is 3. The van der Waals surface area contributed by atoms with Crippen molar-refractivity contribution in [3.8, 4) is 17.1 Å². The van der Waals surface area contributed by atoms with Crippen LogP contribution in [0.25, 0.3) is 50.2 Å². The fourth-order valence-electron chi connectivity index (χ4n) is 4.81. The summed E-state index contributed by atoms with van der Waals surface area (Å²) in [5, 5.41) is 2.09. The van der Waals surface area contributed by atoms with E-state index in [-0.39, 0.29) is 0 Å². The Morgan fingerprint density at radius 2 is 1.55 bits per heavy atom. The molecular formula is C29H25N3O. The van der Waals surface area contributed by atoms with Gasteiger partial charge in [-0.25, -0.2) is 9.97 Å². The maximum absolute atomic E-state index is 6.40. The van der Waals surface area contributed by atoms with Gasteiger partial charge in [-0.15, -0.1) is 0 Å². The van der Waals surface area contributed by atoms with Gasteiger partial charge in [-0.1, -0.05) is 56.3 Å². The van der Waals surface area contributed by atoms with E-state index < -0.39 is 0 Å². The molecule has 0 spiro atoms. The second-order valence-electron chi connectivity index (χ2n) is 9.01. The van der Waals surface area contributed by atoms with E-state index >= 15 is 0 Å². The van der Waals surface area contributed by atoms with Crippen LogP contribution in [0, 0.1) is 13.8 Å². The van der Waals surface area contributed by atoms with Crippen molar-refractivity contribution in [2.45, 2.75) is 33.6 Å². The summed E-state index contributed by atoms with van der Waals surface area (Å²) in [6.45, 7) is 8.58. The zero-order chi connectivity index (χ0) is 22.7. The van der Waals surface area contributed by atoms with Crippen molar-refractivity contribution in [2.75, 3.05) is 0 Å². The highest BCUT2D eigenvalue weighted by molar-refractivity contribution is 6.09. The highest BCUT2D eigenvalue weighted by atomic mass is 16.3. The Bertz CT molecular complexity index is 1670. The molecule has 0 saturated carbocycles. The Kier molecular flexibility index (Phi) is 4.37. The van der Waals surface area contributed by atoms with Crippen molar-refractivity contribution in [1.29, 1.82) is 0 Å². The van der Waals surface area contributed by atoms with Crippen LogP contribution < -0.4 is 0 Å². The average molecular weight is 432 g/mol. The monoisotopic (exact) mass is 431 g/mol. The lowest BCUT2D eigenvalue weighted by molar-refractivity contribution is 0.653. The summed E-state index contributed by atoms with van der Waals surface area (Å²) in [5.74, 6) is 1.27. The van der Waals surface area contributed by atoms with E-state index in [2.05, 4.69) is 91.0 Å². The number of fused-ring (bicyclic) bond motifs is 4. The van der Waals surface area contributed by atoms with E-state index in [9.17, 15) is 0 Å². The van der Waals surface area contributed by atoms with Gasteiger partial charge in [0.1, 0.15) is 11.4 Å². The average Bonchev–Trinajstić information content (AvgIpc) is 3.36. The number of nitrogens with zero attached hydrogens (tertiary/aromatic N) is 3. The smallest absolute Gasteiger partial charge is 0.227 e. The first kappa shape index (κ1) is 19.7. The van der Waals surface area contributed by atoms with Crippen LogP contribution in [0.1, 0.15) is 36.6 Å². The van der Waals surface area contributed by atoms with Crippen molar-refractivity contribution in [2.24, 2.45) is 0 Å². The third-order valence-corrected chi connectivity index (χ3v) is 6.44. The Hall–Kier alpha value is -3.92. The van der Waals surface area contributed by atoms with Gasteiger partial charge in [0, 0.05) is 16.5 Å². The first-order valence-electron chi connectivity index (χ1n) is 11.4. The van der Waals surface area contributed by atoms with Crippen LogP contribution in [-0.2, 0) is 0 Å². The van der Waals surface area contributed by atoms with Crippen LogP contribution in [0.3, 0.4) is 0 Å². The van der Waals surface area contributed by atoms with E-state index in [4.69, 9.17) is 9.40 Å². The van der Waals surface area contributed by atoms with E-state index in [1.54, 1.807) is 0 Å². The first-order chi connectivity index (χ1) is 16.0. The van der Waals surface area contributed by atoms with Crippen molar-refractivity contribution in [3.63, 3.8) is 0 Å². The first-order valence-corrected chi connectivity index (χ1v) is 11.4. The molecule has 0 aliphatic heterocycles. The summed E-state index contributed by atoms with van der Waals surface area (Å²) in [7, 11) is 0. The lowest BCUT2D eigenvalue weighted by Gasteiger charge is -2.17. The molecule has 0 fully saturated rings. The minimum absolute atomic E-state index is 0.380. The van der Waals surface area contributed by atoms with Crippen LogP contribution in [0.2, 0.25) is 0 Å². The topological polar surface area (TPSA) is 43.9 Å². The Balaban J connectivity index is 1.76. The van der Waals surface area contributed by atoms with Crippen LogP contribution in [0.15, 0.2) is 77.2 Å². The molecule has 0 saturated heterocycles. The zero-order valence-electron chi connectivity index (χ0n) is 19.3. The Morgan fingerprint density at radius 3 is 2.39 bits per heavy atom. The van der Waals surface area contributed by atoms with E-state index in [1.165, 1.54) is 5.56 Å². The molecule has 33 heavy (non-hydrogen) atoms. The molecule has 0 radical (unpaired) electrons. The molecule has 162 valence electrons. The maximum atomic E-state index is 6.40.